The molecule has 1 rings (SSSR count). The molecule has 0 unspecified atom stereocenters. The fourth-order valence-corrected chi connectivity index (χ4v) is 2.40. The van der Waals surface area contributed by atoms with Gasteiger partial charge in [0.25, 0.3) is 0 Å². The Morgan fingerprint density at radius 2 is 1.38 bits per heavy atom. The third-order valence-electron chi connectivity index (χ3n) is 2.22. The molecule has 8 N–H and O–H groups in total. The van der Waals surface area contributed by atoms with Gasteiger partial charge in [0.05, 0.1) is 0 Å². The Morgan fingerprint density at radius 1 is 1.08 bits per heavy atom. The van der Waals surface area contributed by atoms with Crippen LogP contribution < -0.4 is 17.2 Å². The normalized spacial score (nSPS) is 25.6. The number of hydrogen-bond donors (Lipinski definition) is 3. The third kappa shape index (κ3) is 4.57. The van der Waals surface area contributed by atoms with Crippen molar-refractivity contribution in [1.29, 1.82) is 0 Å². The first-order valence-electron chi connectivity index (χ1n) is 4.36. The summed E-state index contributed by atoms with van der Waals surface area (Å²) >= 11 is 0. The highest BCUT2D eigenvalue weighted by Crippen LogP contribution is 2.26. The molecule has 1 saturated heterocycles. The highest BCUT2D eigenvalue weighted by Gasteiger charge is 2.35. The Morgan fingerprint density at radius 3 is 1.62 bits per heavy atom. The third-order valence-corrected chi connectivity index (χ3v) is 2.22. The van der Waals surface area contributed by atoms with Gasteiger partial charge in [-0.1, -0.05) is 0 Å². The summed E-state index contributed by atoms with van der Waals surface area (Å²) in [7, 11) is 0. The number of hydrogen-bond acceptors (Lipinski definition) is 3. The molecule has 13 heavy (non-hydrogen) atoms. The van der Waals surface area contributed by atoms with E-state index < -0.39 is 0 Å². The topological polar surface area (TPSA) is 105 Å². The molecule has 1 heterocycles. The summed E-state index contributed by atoms with van der Waals surface area (Å²) in [6.07, 6.45) is 2.16. The molecule has 0 aromatic rings. The summed E-state index contributed by atoms with van der Waals surface area (Å²) in [4.78, 5) is 0. The molecule has 1 aliphatic rings. The van der Waals surface area contributed by atoms with Gasteiger partial charge >= 0.3 is 0 Å². The van der Waals surface area contributed by atoms with Crippen molar-refractivity contribution in [3.63, 3.8) is 0 Å². The minimum absolute atomic E-state index is 0. The minimum atomic E-state index is 0. The first kappa shape index (κ1) is 15.3. The van der Waals surface area contributed by atoms with Crippen LogP contribution in [0.5, 0.6) is 0 Å². The second-order valence-corrected chi connectivity index (χ2v) is 5.06. The van der Waals surface area contributed by atoms with E-state index in [1.807, 2.05) is 0 Å². The monoisotopic (exact) mass is 191 g/mol. The molecular formula is C9H25N3O. The lowest BCUT2D eigenvalue weighted by Gasteiger charge is -2.45. The number of rotatable bonds is 0. The molecule has 1 fully saturated rings. The lowest BCUT2D eigenvalue weighted by molar-refractivity contribution is 0.163. The average Bonchev–Trinajstić information content (AvgIpc) is 1.49. The van der Waals surface area contributed by atoms with E-state index in [0.29, 0.717) is 6.04 Å². The molecule has 0 saturated carbocycles. The van der Waals surface area contributed by atoms with Crippen LogP contribution in [0.1, 0.15) is 40.5 Å². The van der Waals surface area contributed by atoms with Crippen LogP contribution in [0.4, 0.5) is 0 Å². The fraction of sp³-hybridized carbons (Fsp3) is 1.00. The van der Waals surface area contributed by atoms with Gasteiger partial charge in [-0.3, -0.25) is 0 Å². The van der Waals surface area contributed by atoms with Crippen molar-refractivity contribution in [2.24, 2.45) is 5.73 Å². The van der Waals surface area contributed by atoms with E-state index in [-0.39, 0.29) is 22.7 Å². The molecule has 0 atom stereocenters. The average molecular weight is 191 g/mol. The predicted octanol–water partition coefficient (Wildman–Crippen LogP) is 0.592. The molecule has 1 aliphatic heterocycles. The highest BCUT2D eigenvalue weighted by molar-refractivity contribution is 4.98. The number of nitrogens with two attached hydrogens (primary N) is 1. The van der Waals surface area contributed by atoms with Crippen molar-refractivity contribution in [1.82, 2.24) is 11.5 Å². The van der Waals surface area contributed by atoms with Crippen LogP contribution in [-0.2, 0) is 0 Å². The van der Waals surface area contributed by atoms with Crippen molar-refractivity contribution < 1.29 is 5.48 Å². The maximum atomic E-state index is 5.95. The van der Waals surface area contributed by atoms with Crippen LogP contribution in [0, 0.1) is 0 Å². The predicted molar refractivity (Wildman–Crippen MR) is 57.1 cm³/mol. The summed E-state index contributed by atoms with van der Waals surface area (Å²) in [6, 6.07) is 0.362. The van der Waals surface area contributed by atoms with Gasteiger partial charge in [0.15, 0.2) is 0 Å². The zero-order chi connectivity index (χ0) is 8.70. The molecule has 0 aliphatic carbocycles. The smallest absolute Gasteiger partial charge is 0.0144 e. The Labute approximate surface area is 81.2 Å². The van der Waals surface area contributed by atoms with Crippen molar-refractivity contribution in [2.45, 2.75) is 57.7 Å². The summed E-state index contributed by atoms with van der Waals surface area (Å²) in [5.41, 5.74) is 6.36. The van der Waals surface area contributed by atoms with Gasteiger partial charge < -0.3 is 22.7 Å². The molecule has 82 valence electrons. The van der Waals surface area contributed by atoms with Gasteiger partial charge in [-0.15, -0.1) is 0 Å². The molecular weight excluding hydrogens is 166 g/mol. The summed E-state index contributed by atoms with van der Waals surface area (Å²) in [6.45, 7) is 8.86. The van der Waals surface area contributed by atoms with Gasteiger partial charge in [0, 0.05) is 17.1 Å². The van der Waals surface area contributed by atoms with Gasteiger partial charge in [-0.05, 0) is 40.5 Å². The van der Waals surface area contributed by atoms with E-state index in [4.69, 9.17) is 5.73 Å². The first-order chi connectivity index (χ1) is 4.81. The molecule has 0 bridgehead atoms. The quantitative estimate of drug-likeness (QED) is 0.522. The zero-order valence-corrected chi connectivity index (χ0v) is 9.28. The number of piperidine rings is 1. The molecule has 0 aromatic carbocycles. The standard InChI is InChI=1S/C9H20N2.H3N.H2O/c1-8(2)5-7(10)6-9(3,4)11-8;;/h7,11H,5-6,10H2,1-4H3;1H3;1H2. The van der Waals surface area contributed by atoms with E-state index in [2.05, 4.69) is 33.0 Å². The molecule has 0 spiro atoms. The van der Waals surface area contributed by atoms with Gasteiger partial charge in [0.1, 0.15) is 0 Å². The minimum Gasteiger partial charge on any atom is -0.412 e. The van der Waals surface area contributed by atoms with E-state index >= 15 is 0 Å². The Hall–Kier alpha value is -0.160. The van der Waals surface area contributed by atoms with Crippen LogP contribution in [0.25, 0.3) is 0 Å². The second-order valence-electron chi connectivity index (χ2n) is 5.06. The van der Waals surface area contributed by atoms with Gasteiger partial charge in [0.2, 0.25) is 0 Å². The first-order valence-corrected chi connectivity index (χ1v) is 4.36. The summed E-state index contributed by atoms with van der Waals surface area (Å²) in [5.74, 6) is 0. The van der Waals surface area contributed by atoms with Crippen molar-refractivity contribution in [3.8, 4) is 0 Å². The van der Waals surface area contributed by atoms with E-state index in [1.54, 1.807) is 0 Å². The van der Waals surface area contributed by atoms with Crippen LogP contribution in [-0.4, -0.2) is 22.6 Å². The highest BCUT2D eigenvalue weighted by atomic mass is 16.0. The van der Waals surface area contributed by atoms with Crippen molar-refractivity contribution in [3.05, 3.63) is 0 Å². The Balaban J connectivity index is 0. The zero-order valence-electron chi connectivity index (χ0n) is 9.28. The fourth-order valence-electron chi connectivity index (χ4n) is 2.40. The largest absolute Gasteiger partial charge is 0.412 e. The molecule has 0 radical (unpaired) electrons. The molecule has 4 nitrogen and oxygen atoms in total. The lowest BCUT2D eigenvalue weighted by Crippen LogP contribution is -2.60. The molecule has 0 amide bonds. The van der Waals surface area contributed by atoms with Crippen LogP contribution in [0.15, 0.2) is 0 Å². The van der Waals surface area contributed by atoms with E-state index in [9.17, 15) is 0 Å². The lowest BCUT2D eigenvalue weighted by atomic mass is 9.80. The van der Waals surface area contributed by atoms with E-state index in [1.165, 1.54) is 0 Å². The second kappa shape index (κ2) is 4.37. The van der Waals surface area contributed by atoms with Crippen LogP contribution >= 0.6 is 0 Å². The maximum Gasteiger partial charge on any atom is 0.0144 e. The van der Waals surface area contributed by atoms with Crippen LogP contribution in [0.2, 0.25) is 0 Å². The maximum absolute atomic E-state index is 5.95. The van der Waals surface area contributed by atoms with Crippen LogP contribution in [0.3, 0.4) is 0 Å². The SMILES string of the molecule is CC1(C)CC(N)CC(C)(C)N1.N.O. The van der Waals surface area contributed by atoms with Gasteiger partial charge in [-0.2, -0.15) is 0 Å². The van der Waals surface area contributed by atoms with E-state index in [0.717, 1.165) is 12.8 Å². The van der Waals surface area contributed by atoms with Gasteiger partial charge in [-0.25, -0.2) is 0 Å². The summed E-state index contributed by atoms with van der Waals surface area (Å²) in [5, 5.41) is 3.58. The number of nitrogens with one attached hydrogen (secondary N) is 1. The summed E-state index contributed by atoms with van der Waals surface area (Å²) < 4.78 is 0. The molecule has 0 aromatic heterocycles. The Bertz CT molecular complexity index is 141. The van der Waals surface area contributed by atoms with Crippen molar-refractivity contribution in [2.75, 3.05) is 0 Å². The van der Waals surface area contributed by atoms with Crippen molar-refractivity contribution >= 4 is 0 Å². The Kier molecular flexibility index (Phi) is 5.15. The molecule has 4 heteroatoms.